The number of anilines is 2. The lowest BCUT2D eigenvalue weighted by Gasteiger charge is -2.34. The van der Waals surface area contributed by atoms with E-state index in [0.29, 0.717) is 17.4 Å². The molecular weight excluding hydrogens is 349 g/mol. The first-order valence-electron chi connectivity index (χ1n) is 8.77. The number of halogens is 1. The molecule has 2 N–H and O–H groups in total. The molecule has 3 aromatic heterocycles. The van der Waals surface area contributed by atoms with Crippen molar-refractivity contribution >= 4 is 23.1 Å². The van der Waals surface area contributed by atoms with E-state index in [9.17, 15) is 9.18 Å². The molecule has 1 aliphatic rings. The quantitative estimate of drug-likeness (QED) is 0.730. The Morgan fingerprint density at radius 2 is 2.19 bits per heavy atom. The highest BCUT2D eigenvalue weighted by atomic mass is 19.1. The molecule has 1 unspecified atom stereocenters. The molecule has 8 nitrogen and oxygen atoms in total. The zero-order valence-corrected chi connectivity index (χ0v) is 15.1. The van der Waals surface area contributed by atoms with Crippen LogP contribution < -0.4 is 15.5 Å². The van der Waals surface area contributed by atoms with Crippen LogP contribution in [-0.2, 0) is 0 Å². The molecule has 140 valence electrons. The number of piperazine rings is 1. The molecule has 0 aliphatic carbocycles. The number of imidazole rings is 1. The number of carbonyl (C=O) groups is 1. The molecule has 27 heavy (non-hydrogen) atoms. The van der Waals surface area contributed by atoms with E-state index in [4.69, 9.17) is 0 Å². The molecule has 1 saturated heterocycles. The van der Waals surface area contributed by atoms with Gasteiger partial charge in [-0.2, -0.15) is 0 Å². The molecule has 4 heterocycles. The number of hydrogen-bond donors (Lipinski definition) is 2. The summed E-state index contributed by atoms with van der Waals surface area (Å²) in [6.45, 7) is 6.49. The monoisotopic (exact) mass is 369 g/mol. The second-order valence-electron chi connectivity index (χ2n) is 6.65. The van der Waals surface area contributed by atoms with E-state index < -0.39 is 11.7 Å². The van der Waals surface area contributed by atoms with E-state index in [2.05, 4.69) is 37.4 Å². The Bertz CT molecular complexity index is 985. The number of pyridine rings is 1. The maximum Gasteiger partial charge on any atom is 0.275 e. The van der Waals surface area contributed by atoms with Crippen LogP contribution in [0.2, 0.25) is 0 Å². The van der Waals surface area contributed by atoms with Crippen LogP contribution in [-0.4, -0.2) is 50.9 Å². The lowest BCUT2D eigenvalue weighted by atomic mass is 10.2. The van der Waals surface area contributed by atoms with Crippen LogP contribution in [0.1, 0.15) is 23.1 Å². The first-order valence-corrected chi connectivity index (χ1v) is 8.77. The molecule has 0 spiro atoms. The summed E-state index contributed by atoms with van der Waals surface area (Å²) < 4.78 is 15.7. The Labute approximate surface area is 155 Å². The van der Waals surface area contributed by atoms with Crippen molar-refractivity contribution < 1.29 is 9.18 Å². The van der Waals surface area contributed by atoms with E-state index in [-0.39, 0.29) is 11.3 Å². The zero-order chi connectivity index (χ0) is 19.0. The number of nitrogens with one attached hydrogen (secondary N) is 2. The summed E-state index contributed by atoms with van der Waals surface area (Å²) in [6, 6.07) is 1.55. The summed E-state index contributed by atoms with van der Waals surface area (Å²) in [4.78, 5) is 27.3. The molecule has 1 aliphatic heterocycles. The minimum absolute atomic E-state index is 0.170. The van der Waals surface area contributed by atoms with Crippen molar-refractivity contribution in [3.63, 3.8) is 0 Å². The van der Waals surface area contributed by atoms with E-state index in [0.717, 1.165) is 25.5 Å². The third kappa shape index (κ3) is 3.45. The number of hydrogen-bond acceptors (Lipinski definition) is 6. The van der Waals surface area contributed by atoms with E-state index in [1.165, 1.54) is 12.3 Å². The van der Waals surface area contributed by atoms with Gasteiger partial charge in [0.1, 0.15) is 11.5 Å². The fourth-order valence-electron chi connectivity index (χ4n) is 3.21. The average Bonchev–Trinajstić information content (AvgIpc) is 3.03. The fraction of sp³-hybridized carbons (Fsp3) is 0.333. The summed E-state index contributed by atoms with van der Waals surface area (Å²) in [5.74, 6) is -0.213. The van der Waals surface area contributed by atoms with Crippen molar-refractivity contribution in [1.82, 2.24) is 24.7 Å². The molecule has 4 rings (SSSR count). The highest BCUT2D eigenvalue weighted by molar-refractivity contribution is 6.02. The molecule has 0 bridgehead atoms. The van der Waals surface area contributed by atoms with Crippen LogP contribution in [0.15, 0.2) is 30.9 Å². The standard InChI is InChI=1S/C18H20FN7O/c1-11-9-25-10-13(5-14(19)17(25)23-11)24-18(27)15-7-22-16(8-21-15)26-4-3-20-6-12(26)2/h5,7-10,12,20H,3-4,6H2,1-2H3,(H,24,27). The van der Waals surface area contributed by atoms with Gasteiger partial charge in [-0.1, -0.05) is 0 Å². The topological polar surface area (TPSA) is 87.5 Å². The molecule has 0 aromatic carbocycles. The maximum absolute atomic E-state index is 14.1. The Kier molecular flexibility index (Phi) is 4.44. The number of carbonyl (C=O) groups excluding carboxylic acids is 1. The first kappa shape index (κ1) is 17.3. The highest BCUT2D eigenvalue weighted by Gasteiger charge is 2.20. The number of aryl methyl sites for hydroxylation is 1. The van der Waals surface area contributed by atoms with Crippen molar-refractivity contribution in [2.75, 3.05) is 29.9 Å². The van der Waals surface area contributed by atoms with Gasteiger partial charge >= 0.3 is 0 Å². The van der Waals surface area contributed by atoms with Crippen molar-refractivity contribution in [2.45, 2.75) is 19.9 Å². The minimum Gasteiger partial charge on any atom is -0.350 e. The smallest absolute Gasteiger partial charge is 0.275 e. The molecule has 0 radical (unpaired) electrons. The lowest BCUT2D eigenvalue weighted by Crippen LogP contribution is -2.50. The van der Waals surface area contributed by atoms with Gasteiger partial charge in [0.15, 0.2) is 11.5 Å². The highest BCUT2D eigenvalue weighted by Crippen LogP contribution is 2.18. The van der Waals surface area contributed by atoms with Gasteiger partial charge in [-0.05, 0) is 13.8 Å². The molecule has 1 atom stereocenters. The number of amides is 1. The van der Waals surface area contributed by atoms with Crippen LogP contribution in [0.3, 0.4) is 0 Å². The predicted molar refractivity (Wildman–Crippen MR) is 99.5 cm³/mol. The lowest BCUT2D eigenvalue weighted by molar-refractivity contribution is 0.102. The summed E-state index contributed by atoms with van der Waals surface area (Å²) >= 11 is 0. The van der Waals surface area contributed by atoms with Gasteiger partial charge in [0.05, 0.1) is 23.8 Å². The van der Waals surface area contributed by atoms with Crippen molar-refractivity contribution in [2.24, 2.45) is 0 Å². The van der Waals surface area contributed by atoms with Crippen LogP contribution >= 0.6 is 0 Å². The van der Waals surface area contributed by atoms with Crippen LogP contribution in [0, 0.1) is 12.7 Å². The van der Waals surface area contributed by atoms with Gasteiger partial charge in [0.2, 0.25) is 0 Å². The Morgan fingerprint density at radius 3 is 2.93 bits per heavy atom. The largest absolute Gasteiger partial charge is 0.350 e. The van der Waals surface area contributed by atoms with Gasteiger partial charge in [-0.15, -0.1) is 0 Å². The molecule has 9 heteroatoms. The second kappa shape index (κ2) is 6.92. The fourth-order valence-corrected chi connectivity index (χ4v) is 3.21. The number of aromatic nitrogens is 4. The normalized spacial score (nSPS) is 17.3. The van der Waals surface area contributed by atoms with Crippen molar-refractivity contribution in [1.29, 1.82) is 0 Å². The Morgan fingerprint density at radius 1 is 1.33 bits per heavy atom. The summed E-state index contributed by atoms with van der Waals surface area (Å²) in [5.41, 5.74) is 1.41. The van der Waals surface area contributed by atoms with Crippen LogP contribution in [0.4, 0.5) is 15.9 Å². The molecule has 1 fully saturated rings. The van der Waals surface area contributed by atoms with Gasteiger partial charge in [0.25, 0.3) is 5.91 Å². The molecular formula is C18H20FN7O. The van der Waals surface area contributed by atoms with E-state index >= 15 is 0 Å². The number of fused-ring (bicyclic) bond motifs is 1. The van der Waals surface area contributed by atoms with Crippen LogP contribution in [0.25, 0.3) is 5.65 Å². The van der Waals surface area contributed by atoms with Crippen molar-refractivity contribution in [3.05, 3.63) is 48.1 Å². The van der Waals surface area contributed by atoms with Crippen LogP contribution in [0.5, 0.6) is 0 Å². The molecule has 0 saturated carbocycles. The Hall–Kier alpha value is -3.07. The average molecular weight is 369 g/mol. The third-order valence-corrected chi connectivity index (χ3v) is 4.55. The van der Waals surface area contributed by atoms with E-state index in [1.54, 1.807) is 29.9 Å². The van der Waals surface area contributed by atoms with Gasteiger partial charge in [-0.3, -0.25) is 4.79 Å². The number of nitrogens with zero attached hydrogens (tertiary/aromatic N) is 5. The molecule has 3 aromatic rings. The Balaban J connectivity index is 1.51. The third-order valence-electron chi connectivity index (χ3n) is 4.55. The second-order valence-corrected chi connectivity index (χ2v) is 6.65. The summed E-state index contributed by atoms with van der Waals surface area (Å²) in [6.07, 6.45) is 6.34. The predicted octanol–water partition coefficient (Wildman–Crippen LogP) is 1.62. The summed E-state index contributed by atoms with van der Waals surface area (Å²) in [7, 11) is 0. The minimum atomic E-state index is -0.505. The maximum atomic E-state index is 14.1. The zero-order valence-electron chi connectivity index (χ0n) is 15.1. The molecule has 1 amide bonds. The summed E-state index contributed by atoms with van der Waals surface area (Å²) in [5, 5.41) is 5.97. The number of rotatable bonds is 3. The first-order chi connectivity index (χ1) is 13.0. The van der Waals surface area contributed by atoms with Gasteiger partial charge < -0.3 is 19.9 Å². The SMILES string of the molecule is Cc1cn2cc(NC(=O)c3cnc(N4CCNCC4C)cn3)cc(F)c2n1. The van der Waals surface area contributed by atoms with Gasteiger partial charge in [0, 0.05) is 44.1 Å². The van der Waals surface area contributed by atoms with E-state index in [1.807, 2.05) is 0 Å². The van der Waals surface area contributed by atoms with Gasteiger partial charge in [-0.25, -0.2) is 19.3 Å². The van der Waals surface area contributed by atoms with Crippen molar-refractivity contribution in [3.8, 4) is 0 Å².